The van der Waals surface area contributed by atoms with Gasteiger partial charge in [0.2, 0.25) is 5.91 Å². The number of anilines is 2. The Morgan fingerprint density at radius 2 is 1.74 bits per heavy atom. The van der Waals surface area contributed by atoms with Gasteiger partial charge >= 0.3 is 0 Å². The van der Waals surface area contributed by atoms with Crippen molar-refractivity contribution in [3.05, 3.63) is 102 Å². The highest BCUT2D eigenvalue weighted by Gasteiger charge is 2.09. The molecule has 1 amide bonds. The molecule has 5 aromatic rings. The zero-order chi connectivity index (χ0) is 23.3. The van der Waals surface area contributed by atoms with Crippen LogP contribution in [0.2, 0.25) is 0 Å². The molecule has 0 atom stereocenters. The van der Waals surface area contributed by atoms with Gasteiger partial charge in [0, 0.05) is 11.6 Å². The number of carbonyl (C=O) groups excluding carboxylic acids is 1. The fraction of sp³-hybridized carbons (Fsp3) is 0.0741. The minimum Gasteiger partial charge on any atom is -0.489 e. The second kappa shape index (κ2) is 9.46. The maximum Gasteiger partial charge on any atom is 0.229 e. The molecule has 34 heavy (non-hydrogen) atoms. The molecular formula is C27H23N5O2. The first-order chi connectivity index (χ1) is 16.6. The molecule has 0 unspecified atom stereocenters. The van der Waals surface area contributed by atoms with E-state index in [-0.39, 0.29) is 12.3 Å². The lowest BCUT2D eigenvalue weighted by atomic mass is 10.0. The topological polar surface area (TPSA) is 106 Å². The fourth-order valence-corrected chi connectivity index (χ4v) is 3.75. The van der Waals surface area contributed by atoms with Gasteiger partial charge in [-0.05, 0) is 58.7 Å². The van der Waals surface area contributed by atoms with Crippen molar-refractivity contribution >= 4 is 28.4 Å². The summed E-state index contributed by atoms with van der Waals surface area (Å²) in [6.07, 6.45) is 1.89. The van der Waals surface area contributed by atoms with E-state index in [4.69, 9.17) is 10.5 Å². The van der Waals surface area contributed by atoms with Gasteiger partial charge in [0.1, 0.15) is 18.2 Å². The molecule has 7 nitrogen and oxygen atoms in total. The number of nitrogens with one attached hydrogen (secondary N) is 2. The quantitative estimate of drug-likeness (QED) is 0.325. The van der Waals surface area contributed by atoms with Crippen LogP contribution in [0.3, 0.4) is 0 Å². The summed E-state index contributed by atoms with van der Waals surface area (Å²) in [6, 6.07) is 27.1. The molecule has 0 bridgehead atoms. The smallest absolute Gasteiger partial charge is 0.229 e. The van der Waals surface area contributed by atoms with Gasteiger partial charge in [0.05, 0.1) is 11.9 Å². The van der Waals surface area contributed by atoms with Crippen LogP contribution in [0, 0.1) is 0 Å². The molecule has 0 aliphatic carbocycles. The predicted molar refractivity (Wildman–Crippen MR) is 133 cm³/mol. The van der Waals surface area contributed by atoms with Crippen molar-refractivity contribution in [3.63, 3.8) is 0 Å². The van der Waals surface area contributed by atoms with Gasteiger partial charge in [-0.2, -0.15) is 5.10 Å². The zero-order valence-electron chi connectivity index (χ0n) is 18.4. The molecule has 0 aliphatic rings. The van der Waals surface area contributed by atoms with Crippen molar-refractivity contribution in [2.24, 2.45) is 0 Å². The van der Waals surface area contributed by atoms with Gasteiger partial charge in [-0.3, -0.25) is 9.89 Å². The third-order valence-electron chi connectivity index (χ3n) is 5.46. The number of hydrogen-bond acceptors (Lipinski definition) is 5. The molecule has 0 aliphatic heterocycles. The lowest BCUT2D eigenvalue weighted by molar-refractivity contribution is -0.115. The number of H-pyrrole nitrogens is 1. The van der Waals surface area contributed by atoms with Gasteiger partial charge in [-0.1, -0.05) is 48.5 Å². The highest BCUT2D eigenvalue weighted by atomic mass is 16.5. The number of rotatable bonds is 7. The monoisotopic (exact) mass is 449 g/mol. The summed E-state index contributed by atoms with van der Waals surface area (Å²) < 4.78 is 5.87. The Balaban J connectivity index is 1.24. The van der Waals surface area contributed by atoms with E-state index in [1.165, 1.54) is 0 Å². The molecule has 2 aromatic heterocycles. The number of benzene rings is 3. The van der Waals surface area contributed by atoms with Gasteiger partial charge in [-0.15, -0.1) is 0 Å². The normalized spacial score (nSPS) is 10.8. The minimum atomic E-state index is -0.153. The van der Waals surface area contributed by atoms with Crippen LogP contribution >= 0.6 is 0 Å². The summed E-state index contributed by atoms with van der Waals surface area (Å²) in [5.41, 5.74) is 10.6. The second-order valence-electron chi connectivity index (χ2n) is 7.95. The Morgan fingerprint density at radius 1 is 0.912 bits per heavy atom. The summed E-state index contributed by atoms with van der Waals surface area (Å²) in [7, 11) is 0. The maximum absolute atomic E-state index is 12.7. The highest BCUT2D eigenvalue weighted by molar-refractivity contribution is 5.94. The SMILES string of the molecule is Nc1n[nH]c2ccc(-c3ccnc(NC(=O)Cc4cccc(OCc5ccccc5)c4)c3)cc12. The van der Waals surface area contributed by atoms with Gasteiger partial charge in [-0.25, -0.2) is 4.98 Å². The van der Waals surface area contributed by atoms with E-state index >= 15 is 0 Å². The molecular weight excluding hydrogens is 426 g/mol. The van der Waals surface area contributed by atoms with Crippen LogP contribution in [0.15, 0.2) is 91.1 Å². The van der Waals surface area contributed by atoms with E-state index in [1.807, 2.05) is 84.9 Å². The van der Waals surface area contributed by atoms with Crippen LogP contribution in [0.25, 0.3) is 22.0 Å². The van der Waals surface area contributed by atoms with E-state index in [9.17, 15) is 4.79 Å². The number of carbonyl (C=O) groups is 1. The van der Waals surface area contributed by atoms with Gasteiger partial charge in [0.15, 0.2) is 5.82 Å². The first-order valence-electron chi connectivity index (χ1n) is 10.9. The number of nitrogens with zero attached hydrogens (tertiary/aromatic N) is 2. The Hall–Kier alpha value is -4.65. The number of fused-ring (bicyclic) bond motifs is 1. The molecule has 0 saturated carbocycles. The van der Waals surface area contributed by atoms with Crippen molar-refractivity contribution in [3.8, 4) is 16.9 Å². The van der Waals surface area contributed by atoms with Gasteiger partial charge < -0.3 is 15.8 Å². The molecule has 0 fully saturated rings. The molecule has 168 valence electrons. The van der Waals surface area contributed by atoms with Crippen molar-refractivity contribution in [2.75, 3.05) is 11.1 Å². The van der Waals surface area contributed by atoms with Crippen molar-refractivity contribution in [1.82, 2.24) is 15.2 Å². The standard InChI is InChI=1S/C27H23N5O2/c28-27-23-15-20(9-10-24(23)31-32-27)21-11-12-29-25(16-21)30-26(33)14-19-7-4-8-22(13-19)34-17-18-5-2-1-3-6-18/h1-13,15-16H,14,17H2,(H3,28,31,32)(H,29,30,33). The summed E-state index contributed by atoms with van der Waals surface area (Å²) in [4.78, 5) is 17.0. The highest BCUT2D eigenvalue weighted by Crippen LogP contribution is 2.27. The molecule has 0 saturated heterocycles. The first kappa shape index (κ1) is 21.2. The van der Waals surface area contributed by atoms with Crippen LogP contribution in [0.5, 0.6) is 5.75 Å². The Bertz CT molecular complexity index is 1450. The third-order valence-corrected chi connectivity index (χ3v) is 5.46. The number of hydrogen-bond donors (Lipinski definition) is 3. The van der Waals surface area contributed by atoms with Crippen LogP contribution in [-0.4, -0.2) is 21.1 Å². The Kier molecular flexibility index (Phi) is 5.90. The number of amides is 1. The summed E-state index contributed by atoms with van der Waals surface area (Å²) in [6.45, 7) is 0.476. The zero-order valence-corrected chi connectivity index (χ0v) is 18.4. The van der Waals surface area contributed by atoms with Crippen LogP contribution in [0.1, 0.15) is 11.1 Å². The number of nitrogen functional groups attached to an aromatic ring is 1. The van der Waals surface area contributed by atoms with E-state index in [1.54, 1.807) is 6.20 Å². The average molecular weight is 450 g/mol. The van der Waals surface area contributed by atoms with Crippen molar-refractivity contribution in [1.29, 1.82) is 0 Å². The molecule has 0 radical (unpaired) electrons. The molecule has 7 heteroatoms. The Morgan fingerprint density at radius 3 is 2.62 bits per heavy atom. The first-order valence-corrected chi connectivity index (χ1v) is 10.9. The number of aromatic nitrogens is 3. The minimum absolute atomic E-state index is 0.153. The van der Waals surface area contributed by atoms with Gasteiger partial charge in [0.25, 0.3) is 0 Å². The third kappa shape index (κ3) is 4.88. The average Bonchev–Trinajstić information content (AvgIpc) is 3.24. The fourth-order valence-electron chi connectivity index (χ4n) is 3.75. The maximum atomic E-state index is 12.7. The Labute approximate surface area is 196 Å². The molecule has 3 aromatic carbocycles. The van der Waals surface area contributed by atoms with Crippen molar-refractivity contribution < 1.29 is 9.53 Å². The number of ether oxygens (including phenoxy) is 1. The lowest BCUT2D eigenvalue weighted by Gasteiger charge is -2.09. The predicted octanol–water partition coefficient (Wildman–Crippen LogP) is 4.97. The van der Waals surface area contributed by atoms with E-state index in [0.717, 1.165) is 38.9 Å². The summed E-state index contributed by atoms with van der Waals surface area (Å²) >= 11 is 0. The second-order valence-corrected chi connectivity index (χ2v) is 7.95. The number of aromatic amines is 1. The van der Waals surface area contributed by atoms with Crippen molar-refractivity contribution in [2.45, 2.75) is 13.0 Å². The largest absolute Gasteiger partial charge is 0.489 e. The molecule has 5 rings (SSSR count). The van der Waals surface area contributed by atoms with Crippen LogP contribution in [-0.2, 0) is 17.8 Å². The molecule has 2 heterocycles. The van der Waals surface area contributed by atoms with E-state index in [2.05, 4.69) is 20.5 Å². The lowest BCUT2D eigenvalue weighted by Crippen LogP contribution is -2.15. The molecule has 0 spiro atoms. The number of pyridine rings is 1. The summed E-state index contributed by atoms with van der Waals surface area (Å²) in [5, 5.41) is 10.7. The number of nitrogens with two attached hydrogens (primary N) is 1. The van der Waals surface area contributed by atoms with Crippen LogP contribution < -0.4 is 15.8 Å². The molecule has 4 N–H and O–H groups in total. The van der Waals surface area contributed by atoms with Crippen LogP contribution in [0.4, 0.5) is 11.6 Å². The van der Waals surface area contributed by atoms with E-state index in [0.29, 0.717) is 18.2 Å². The summed E-state index contributed by atoms with van der Waals surface area (Å²) in [5.74, 6) is 1.51. The van der Waals surface area contributed by atoms with E-state index < -0.39 is 0 Å².